The summed E-state index contributed by atoms with van der Waals surface area (Å²) in [6, 6.07) is 3.62. The van der Waals surface area contributed by atoms with Gasteiger partial charge < -0.3 is 10.2 Å². The van der Waals surface area contributed by atoms with Crippen LogP contribution in [0, 0.1) is 0 Å². The van der Waals surface area contributed by atoms with Crippen molar-refractivity contribution in [3.05, 3.63) is 27.4 Å². The molecule has 0 bridgehead atoms. The monoisotopic (exact) mass is 298 g/mol. The highest BCUT2D eigenvalue weighted by Crippen LogP contribution is 2.22. The summed E-state index contributed by atoms with van der Waals surface area (Å²) in [4.78, 5) is 25.9. The Morgan fingerprint density at radius 3 is 2.74 bits per heavy atom. The van der Waals surface area contributed by atoms with Crippen molar-refractivity contribution in [2.75, 3.05) is 19.6 Å². The first-order valence-electron chi connectivity index (χ1n) is 6.14. The molecule has 1 aromatic heterocycles. The van der Waals surface area contributed by atoms with Crippen LogP contribution in [0.25, 0.3) is 6.08 Å². The third-order valence-corrected chi connectivity index (χ3v) is 4.06. The molecule has 0 aliphatic carbocycles. The van der Waals surface area contributed by atoms with Gasteiger partial charge in [-0.25, -0.2) is 0 Å². The number of thiophene rings is 1. The SMILES string of the molecule is O=C(C=Cc1ccc(Cl)s1)NCC(=O)N1CCCC1. The highest BCUT2D eigenvalue weighted by molar-refractivity contribution is 7.17. The van der Waals surface area contributed by atoms with Gasteiger partial charge in [0.15, 0.2) is 0 Å². The Kier molecular flexibility index (Phi) is 4.99. The summed E-state index contributed by atoms with van der Waals surface area (Å²) in [6.07, 6.45) is 5.21. The molecule has 1 aliphatic rings. The van der Waals surface area contributed by atoms with Gasteiger partial charge in [0, 0.05) is 24.0 Å². The molecule has 0 aromatic carbocycles. The van der Waals surface area contributed by atoms with Crippen molar-refractivity contribution in [3.8, 4) is 0 Å². The summed E-state index contributed by atoms with van der Waals surface area (Å²) >= 11 is 7.18. The Balaban J connectivity index is 1.75. The molecule has 1 saturated heterocycles. The summed E-state index contributed by atoms with van der Waals surface area (Å²) < 4.78 is 0.685. The van der Waals surface area contributed by atoms with E-state index in [2.05, 4.69) is 5.32 Å². The Bertz CT molecular complexity index is 493. The van der Waals surface area contributed by atoms with Crippen LogP contribution in [0.5, 0.6) is 0 Å². The summed E-state index contributed by atoms with van der Waals surface area (Å²) in [5.41, 5.74) is 0. The lowest BCUT2D eigenvalue weighted by Gasteiger charge is -2.14. The molecule has 2 rings (SSSR count). The molecule has 0 spiro atoms. The predicted molar refractivity (Wildman–Crippen MR) is 77.2 cm³/mol. The summed E-state index contributed by atoms with van der Waals surface area (Å²) in [5, 5.41) is 2.59. The standard InChI is InChI=1S/C13H15ClN2O2S/c14-11-5-3-10(19-11)4-6-12(17)15-9-13(18)16-7-1-2-8-16/h3-6H,1-2,7-9H2,(H,15,17). The van der Waals surface area contributed by atoms with Crippen LogP contribution in [-0.2, 0) is 9.59 Å². The van der Waals surface area contributed by atoms with Gasteiger partial charge in [-0.1, -0.05) is 11.6 Å². The molecule has 2 heterocycles. The largest absolute Gasteiger partial charge is 0.343 e. The first-order valence-corrected chi connectivity index (χ1v) is 7.33. The number of rotatable bonds is 4. The van der Waals surface area contributed by atoms with Crippen LogP contribution in [-0.4, -0.2) is 36.3 Å². The van der Waals surface area contributed by atoms with E-state index in [0.29, 0.717) is 4.34 Å². The van der Waals surface area contributed by atoms with E-state index in [1.54, 1.807) is 17.0 Å². The third kappa shape index (κ3) is 4.36. The lowest BCUT2D eigenvalue weighted by atomic mass is 10.4. The van der Waals surface area contributed by atoms with Gasteiger partial charge in [0.1, 0.15) is 0 Å². The van der Waals surface area contributed by atoms with E-state index < -0.39 is 0 Å². The van der Waals surface area contributed by atoms with Gasteiger partial charge in [0.2, 0.25) is 11.8 Å². The number of nitrogens with zero attached hydrogens (tertiary/aromatic N) is 1. The Labute approximate surface area is 121 Å². The second-order valence-corrected chi connectivity index (χ2v) is 6.03. The molecule has 19 heavy (non-hydrogen) atoms. The maximum Gasteiger partial charge on any atom is 0.244 e. The van der Waals surface area contributed by atoms with E-state index in [0.717, 1.165) is 30.8 Å². The first kappa shape index (κ1) is 14.1. The van der Waals surface area contributed by atoms with Crippen molar-refractivity contribution in [2.45, 2.75) is 12.8 Å². The molecule has 2 amide bonds. The number of hydrogen-bond acceptors (Lipinski definition) is 3. The maximum absolute atomic E-state index is 11.7. The van der Waals surface area contributed by atoms with E-state index in [-0.39, 0.29) is 18.4 Å². The molecule has 0 unspecified atom stereocenters. The molecular formula is C13H15ClN2O2S. The van der Waals surface area contributed by atoms with Crippen molar-refractivity contribution in [1.29, 1.82) is 0 Å². The Morgan fingerprint density at radius 2 is 2.11 bits per heavy atom. The predicted octanol–water partition coefficient (Wildman–Crippen LogP) is 2.15. The molecule has 6 heteroatoms. The van der Waals surface area contributed by atoms with Crippen LogP contribution in [0.4, 0.5) is 0 Å². The molecule has 102 valence electrons. The molecular weight excluding hydrogens is 284 g/mol. The normalized spacial score (nSPS) is 15.1. The fourth-order valence-electron chi connectivity index (χ4n) is 1.88. The minimum atomic E-state index is -0.267. The molecule has 0 atom stereocenters. The lowest BCUT2D eigenvalue weighted by Crippen LogP contribution is -2.38. The van der Waals surface area contributed by atoms with Crippen molar-refractivity contribution in [2.24, 2.45) is 0 Å². The molecule has 1 fully saturated rings. The van der Waals surface area contributed by atoms with E-state index >= 15 is 0 Å². The summed E-state index contributed by atoms with van der Waals surface area (Å²) in [6.45, 7) is 1.67. The zero-order valence-electron chi connectivity index (χ0n) is 10.4. The average Bonchev–Trinajstić information content (AvgIpc) is 3.04. The summed E-state index contributed by atoms with van der Waals surface area (Å²) in [7, 11) is 0. The Morgan fingerprint density at radius 1 is 1.37 bits per heavy atom. The first-order chi connectivity index (χ1) is 9.15. The van der Waals surface area contributed by atoms with Crippen molar-refractivity contribution in [3.63, 3.8) is 0 Å². The zero-order chi connectivity index (χ0) is 13.7. The van der Waals surface area contributed by atoms with Crippen LogP contribution >= 0.6 is 22.9 Å². The van der Waals surface area contributed by atoms with Gasteiger partial charge in [-0.15, -0.1) is 11.3 Å². The minimum absolute atomic E-state index is 0.0154. The number of carbonyl (C=O) groups is 2. The van der Waals surface area contributed by atoms with Crippen LogP contribution in [0.2, 0.25) is 4.34 Å². The van der Waals surface area contributed by atoms with Gasteiger partial charge >= 0.3 is 0 Å². The minimum Gasteiger partial charge on any atom is -0.343 e. The number of halogens is 1. The highest BCUT2D eigenvalue weighted by atomic mass is 35.5. The number of nitrogens with one attached hydrogen (secondary N) is 1. The van der Waals surface area contributed by atoms with E-state index in [4.69, 9.17) is 11.6 Å². The molecule has 1 N–H and O–H groups in total. The van der Waals surface area contributed by atoms with Crippen LogP contribution in [0.1, 0.15) is 17.7 Å². The van der Waals surface area contributed by atoms with E-state index in [1.807, 2.05) is 6.07 Å². The fourth-order valence-corrected chi connectivity index (χ4v) is 2.84. The van der Waals surface area contributed by atoms with Crippen LogP contribution < -0.4 is 5.32 Å². The second kappa shape index (κ2) is 6.73. The van der Waals surface area contributed by atoms with Crippen molar-refractivity contribution in [1.82, 2.24) is 10.2 Å². The second-order valence-electron chi connectivity index (χ2n) is 4.28. The molecule has 0 radical (unpaired) electrons. The number of carbonyl (C=O) groups excluding carboxylic acids is 2. The molecule has 1 aliphatic heterocycles. The quantitative estimate of drug-likeness (QED) is 0.866. The van der Waals surface area contributed by atoms with Gasteiger partial charge in [-0.05, 0) is 31.1 Å². The number of likely N-dealkylation sites (tertiary alicyclic amines) is 1. The number of amides is 2. The van der Waals surface area contributed by atoms with Crippen molar-refractivity contribution >= 4 is 40.8 Å². The maximum atomic E-state index is 11.7. The van der Waals surface area contributed by atoms with Gasteiger partial charge in [0.05, 0.1) is 10.9 Å². The average molecular weight is 299 g/mol. The van der Waals surface area contributed by atoms with Gasteiger partial charge in [0.25, 0.3) is 0 Å². The van der Waals surface area contributed by atoms with Crippen LogP contribution in [0.3, 0.4) is 0 Å². The molecule has 1 aromatic rings. The van der Waals surface area contributed by atoms with Gasteiger partial charge in [-0.3, -0.25) is 9.59 Å². The van der Waals surface area contributed by atoms with Crippen molar-refractivity contribution < 1.29 is 9.59 Å². The van der Waals surface area contributed by atoms with E-state index in [9.17, 15) is 9.59 Å². The molecule has 0 saturated carbocycles. The summed E-state index contributed by atoms with van der Waals surface area (Å²) in [5.74, 6) is -0.282. The third-order valence-electron chi connectivity index (χ3n) is 2.87. The lowest BCUT2D eigenvalue weighted by molar-refractivity contribution is -0.131. The fraction of sp³-hybridized carbons (Fsp3) is 0.385. The molecule has 4 nitrogen and oxygen atoms in total. The zero-order valence-corrected chi connectivity index (χ0v) is 12.0. The number of hydrogen-bond donors (Lipinski definition) is 1. The topological polar surface area (TPSA) is 49.4 Å². The smallest absolute Gasteiger partial charge is 0.244 e. The Hall–Kier alpha value is -1.33. The highest BCUT2D eigenvalue weighted by Gasteiger charge is 2.17. The van der Waals surface area contributed by atoms with E-state index in [1.165, 1.54) is 17.4 Å². The van der Waals surface area contributed by atoms with Crippen LogP contribution in [0.15, 0.2) is 18.2 Å². The van der Waals surface area contributed by atoms with Gasteiger partial charge in [-0.2, -0.15) is 0 Å².